The zero-order chi connectivity index (χ0) is 22.2. The summed E-state index contributed by atoms with van der Waals surface area (Å²) in [6, 6.07) is 16.3. The van der Waals surface area contributed by atoms with Crippen LogP contribution in [-0.2, 0) is 16.0 Å². The first-order valence-electron chi connectivity index (χ1n) is 9.03. The molecule has 0 aliphatic carbocycles. The van der Waals surface area contributed by atoms with Gasteiger partial charge in [-0.25, -0.2) is 13.4 Å². The number of fused-ring (bicyclic) bond motifs is 1. The molecule has 4 aromatic rings. The minimum absolute atomic E-state index is 0.112. The first-order valence-corrected chi connectivity index (χ1v) is 10.9. The number of aromatic nitrogens is 2. The highest BCUT2D eigenvalue weighted by atomic mass is 32.2. The third kappa shape index (κ3) is 4.51. The predicted molar refractivity (Wildman–Crippen MR) is 110 cm³/mol. The lowest BCUT2D eigenvalue weighted by Crippen LogP contribution is -2.07. The maximum Gasteiger partial charge on any atom is 0.418 e. The fourth-order valence-electron chi connectivity index (χ4n) is 3.02. The molecular formula is C22H15F3N2O3S. The Hall–Kier alpha value is -3.46. The van der Waals surface area contributed by atoms with Gasteiger partial charge in [0, 0.05) is 11.8 Å². The summed E-state index contributed by atoms with van der Waals surface area (Å²) in [5.41, 5.74) is -0.199. The lowest BCUT2D eigenvalue weighted by Gasteiger charge is -2.11. The molecule has 0 aliphatic rings. The topological polar surface area (TPSA) is 69.2 Å². The highest BCUT2D eigenvalue weighted by molar-refractivity contribution is 7.90. The van der Waals surface area contributed by atoms with Crippen LogP contribution in [0.15, 0.2) is 77.8 Å². The largest absolute Gasteiger partial charge is 0.457 e. The summed E-state index contributed by atoms with van der Waals surface area (Å²) in [6.45, 7) is 0. The van der Waals surface area contributed by atoms with Crippen LogP contribution in [0.3, 0.4) is 0 Å². The number of sulfone groups is 1. The molecule has 0 unspecified atom stereocenters. The van der Waals surface area contributed by atoms with Gasteiger partial charge in [0.2, 0.25) is 0 Å². The van der Waals surface area contributed by atoms with Gasteiger partial charge >= 0.3 is 6.18 Å². The summed E-state index contributed by atoms with van der Waals surface area (Å²) in [4.78, 5) is 8.42. The van der Waals surface area contributed by atoms with Crippen LogP contribution in [0.5, 0.6) is 11.5 Å². The SMILES string of the molecule is CS(=O)(=O)c1cccc(Oc2cccc(-c3cnc4cccc(C(F)(F)F)c4n3)c2)c1. The number of hydrogen-bond donors (Lipinski definition) is 0. The van der Waals surface area contributed by atoms with Crippen molar-refractivity contribution in [2.45, 2.75) is 11.1 Å². The Balaban J connectivity index is 1.71. The molecule has 158 valence electrons. The Bertz CT molecular complexity index is 1390. The van der Waals surface area contributed by atoms with Crippen molar-refractivity contribution >= 4 is 20.9 Å². The van der Waals surface area contributed by atoms with Crippen molar-refractivity contribution < 1.29 is 26.3 Å². The van der Waals surface area contributed by atoms with Gasteiger partial charge in [0.25, 0.3) is 0 Å². The number of para-hydroxylation sites is 1. The van der Waals surface area contributed by atoms with Crippen molar-refractivity contribution in [2.75, 3.05) is 6.26 Å². The molecule has 5 nitrogen and oxygen atoms in total. The average Bonchev–Trinajstić information content (AvgIpc) is 2.72. The highest BCUT2D eigenvalue weighted by Gasteiger charge is 2.33. The van der Waals surface area contributed by atoms with Crippen LogP contribution in [0, 0.1) is 0 Å². The summed E-state index contributed by atoms with van der Waals surface area (Å²) in [6.07, 6.45) is -2.06. The molecule has 0 aliphatic heterocycles. The van der Waals surface area contributed by atoms with Crippen molar-refractivity contribution in [3.05, 3.63) is 78.5 Å². The summed E-state index contributed by atoms with van der Waals surface area (Å²) >= 11 is 0. The van der Waals surface area contributed by atoms with E-state index in [1.54, 1.807) is 36.4 Å². The Morgan fingerprint density at radius 2 is 1.58 bits per heavy atom. The Kier molecular flexibility index (Phi) is 5.14. The van der Waals surface area contributed by atoms with Gasteiger partial charge in [-0.05, 0) is 42.5 Å². The zero-order valence-electron chi connectivity index (χ0n) is 16.1. The second-order valence-electron chi connectivity index (χ2n) is 6.80. The van der Waals surface area contributed by atoms with Crippen LogP contribution < -0.4 is 4.74 Å². The number of hydrogen-bond acceptors (Lipinski definition) is 5. The molecule has 0 radical (unpaired) electrons. The molecule has 0 spiro atoms. The second-order valence-corrected chi connectivity index (χ2v) is 8.82. The summed E-state index contributed by atoms with van der Waals surface area (Å²) in [5, 5.41) is 0. The van der Waals surface area contributed by atoms with Gasteiger partial charge in [-0.3, -0.25) is 4.98 Å². The van der Waals surface area contributed by atoms with Gasteiger partial charge < -0.3 is 4.74 Å². The van der Waals surface area contributed by atoms with Gasteiger partial charge in [0.05, 0.1) is 27.9 Å². The third-order valence-corrected chi connectivity index (χ3v) is 5.59. The molecular weight excluding hydrogens is 429 g/mol. The fraction of sp³-hybridized carbons (Fsp3) is 0.0909. The van der Waals surface area contributed by atoms with E-state index in [-0.39, 0.29) is 21.6 Å². The number of nitrogens with zero attached hydrogens (tertiary/aromatic N) is 2. The van der Waals surface area contributed by atoms with Gasteiger partial charge in [-0.15, -0.1) is 0 Å². The van der Waals surface area contributed by atoms with Crippen molar-refractivity contribution in [2.24, 2.45) is 0 Å². The molecule has 0 fully saturated rings. The Morgan fingerprint density at radius 1 is 0.903 bits per heavy atom. The minimum Gasteiger partial charge on any atom is -0.457 e. The van der Waals surface area contributed by atoms with Crippen molar-refractivity contribution in [1.29, 1.82) is 0 Å². The van der Waals surface area contributed by atoms with E-state index in [2.05, 4.69) is 9.97 Å². The molecule has 0 atom stereocenters. The van der Waals surface area contributed by atoms with Crippen LogP contribution >= 0.6 is 0 Å². The quantitative estimate of drug-likeness (QED) is 0.415. The highest BCUT2D eigenvalue weighted by Crippen LogP contribution is 2.34. The lowest BCUT2D eigenvalue weighted by molar-refractivity contribution is -0.136. The van der Waals surface area contributed by atoms with Crippen LogP contribution in [0.1, 0.15) is 5.56 Å². The molecule has 0 bridgehead atoms. The van der Waals surface area contributed by atoms with E-state index in [9.17, 15) is 21.6 Å². The first-order chi connectivity index (χ1) is 14.6. The van der Waals surface area contributed by atoms with E-state index < -0.39 is 21.6 Å². The number of halogens is 3. The van der Waals surface area contributed by atoms with Crippen molar-refractivity contribution in [3.63, 3.8) is 0 Å². The number of rotatable bonds is 4. The molecule has 0 amide bonds. The van der Waals surface area contributed by atoms with Gasteiger partial charge in [0.15, 0.2) is 9.84 Å². The summed E-state index contributed by atoms with van der Waals surface area (Å²) in [7, 11) is -3.40. The molecule has 9 heteroatoms. The average molecular weight is 444 g/mol. The van der Waals surface area contributed by atoms with Crippen LogP contribution in [-0.4, -0.2) is 24.6 Å². The van der Waals surface area contributed by atoms with Crippen LogP contribution in [0.4, 0.5) is 13.2 Å². The molecule has 3 aromatic carbocycles. The molecule has 0 N–H and O–H groups in total. The summed E-state index contributed by atoms with van der Waals surface area (Å²) < 4.78 is 69.2. The molecule has 0 saturated heterocycles. The van der Waals surface area contributed by atoms with Gasteiger partial charge in [0.1, 0.15) is 17.0 Å². The van der Waals surface area contributed by atoms with E-state index in [0.717, 1.165) is 12.3 Å². The normalized spacial score (nSPS) is 12.1. The molecule has 1 heterocycles. The van der Waals surface area contributed by atoms with Gasteiger partial charge in [-0.1, -0.05) is 24.3 Å². The molecule has 4 rings (SSSR count). The van der Waals surface area contributed by atoms with E-state index >= 15 is 0 Å². The Morgan fingerprint density at radius 3 is 2.29 bits per heavy atom. The maximum atomic E-state index is 13.3. The molecule has 1 aromatic heterocycles. The summed E-state index contributed by atoms with van der Waals surface area (Å²) in [5.74, 6) is 0.679. The first kappa shape index (κ1) is 20.8. The van der Waals surface area contributed by atoms with Crippen LogP contribution in [0.2, 0.25) is 0 Å². The van der Waals surface area contributed by atoms with E-state index in [1.165, 1.54) is 30.5 Å². The Labute approximate surface area is 176 Å². The zero-order valence-corrected chi connectivity index (χ0v) is 16.9. The van der Waals surface area contributed by atoms with E-state index in [1.807, 2.05) is 0 Å². The third-order valence-electron chi connectivity index (χ3n) is 4.48. The number of alkyl halides is 3. The maximum absolute atomic E-state index is 13.3. The fourth-order valence-corrected chi connectivity index (χ4v) is 3.68. The lowest BCUT2D eigenvalue weighted by atomic mass is 10.1. The number of benzene rings is 3. The monoisotopic (exact) mass is 444 g/mol. The second kappa shape index (κ2) is 7.66. The van der Waals surface area contributed by atoms with Crippen molar-refractivity contribution in [1.82, 2.24) is 9.97 Å². The standard InChI is InChI=1S/C22H15F3N2O3S/c1-31(28,29)17-8-3-7-16(12-17)30-15-6-2-5-14(11-15)20-13-26-19-10-4-9-18(21(19)27-20)22(23,24)25/h2-13H,1H3. The van der Waals surface area contributed by atoms with Crippen LogP contribution in [0.25, 0.3) is 22.3 Å². The van der Waals surface area contributed by atoms with E-state index in [4.69, 9.17) is 4.74 Å². The number of ether oxygens (including phenoxy) is 1. The van der Waals surface area contributed by atoms with Crippen molar-refractivity contribution in [3.8, 4) is 22.8 Å². The van der Waals surface area contributed by atoms with E-state index in [0.29, 0.717) is 17.1 Å². The smallest absolute Gasteiger partial charge is 0.418 e. The minimum atomic E-state index is -4.55. The predicted octanol–water partition coefficient (Wildman–Crippen LogP) is 5.51. The molecule has 0 saturated carbocycles. The van der Waals surface area contributed by atoms with Gasteiger partial charge in [-0.2, -0.15) is 13.2 Å². The molecule has 31 heavy (non-hydrogen) atoms.